The van der Waals surface area contributed by atoms with Gasteiger partial charge >= 0.3 is 0 Å². The summed E-state index contributed by atoms with van der Waals surface area (Å²) in [7, 11) is 1.74. The molecular weight excluding hydrogens is 343 g/mol. The zero-order chi connectivity index (χ0) is 14.4. The standard InChI is InChI=1S/C16H25ClN2O.2ClH/c1-3-4-5-15(19-10-8-18-9-11-19)14-12-13(17)6-7-16(14)20-2;;/h6-7,12,15,18H,3-5,8-11H2,1-2H3;2*1H/t15-;;/m0../s1. The van der Waals surface area contributed by atoms with Crippen LogP contribution >= 0.6 is 36.4 Å². The molecule has 0 unspecified atom stereocenters. The molecule has 0 amide bonds. The van der Waals surface area contributed by atoms with Crippen LogP contribution in [0.5, 0.6) is 5.75 Å². The van der Waals surface area contributed by atoms with E-state index in [9.17, 15) is 0 Å². The van der Waals surface area contributed by atoms with E-state index < -0.39 is 0 Å². The molecule has 0 spiro atoms. The van der Waals surface area contributed by atoms with Gasteiger partial charge < -0.3 is 10.1 Å². The Hall–Kier alpha value is -0.190. The maximum absolute atomic E-state index is 6.20. The molecule has 22 heavy (non-hydrogen) atoms. The minimum absolute atomic E-state index is 0. The third kappa shape index (κ3) is 5.78. The summed E-state index contributed by atoms with van der Waals surface area (Å²) in [6, 6.07) is 6.37. The lowest BCUT2D eigenvalue weighted by atomic mass is 9.97. The average Bonchev–Trinajstić information content (AvgIpc) is 2.49. The topological polar surface area (TPSA) is 24.5 Å². The zero-order valence-electron chi connectivity index (χ0n) is 13.3. The number of piperazine rings is 1. The van der Waals surface area contributed by atoms with Crippen LogP contribution in [0.15, 0.2) is 18.2 Å². The Balaban J connectivity index is 0.00000220. The summed E-state index contributed by atoms with van der Waals surface area (Å²) < 4.78 is 5.55. The molecule has 2 rings (SSSR count). The first-order valence-corrected chi connectivity index (χ1v) is 7.92. The molecule has 0 aliphatic carbocycles. The van der Waals surface area contributed by atoms with Crippen LogP contribution in [0.4, 0.5) is 0 Å². The van der Waals surface area contributed by atoms with Crippen LogP contribution in [-0.4, -0.2) is 38.2 Å². The third-order valence-electron chi connectivity index (χ3n) is 3.97. The van der Waals surface area contributed by atoms with Gasteiger partial charge in [-0.05, 0) is 24.6 Å². The van der Waals surface area contributed by atoms with Gasteiger partial charge in [-0.2, -0.15) is 0 Å². The van der Waals surface area contributed by atoms with E-state index in [0.29, 0.717) is 6.04 Å². The summed E-state index contributed by atoms with van der Waals surface area (Å²) in [6.07, 6.45) is 3.60. The van der Waals surface area contributed by atoms with Crippen molar-refractivity contribution in [3.8, 4) is 5.75 Å². The van der Waals surface area contributed by atoms with E-state index in [1.54, 1.807) is 7.11 Å². The lowest BCUT2D eigenvalue weighted by Gasteiger charge is -2.36. The molecule has 1 N–H and O–H groups in total. The van der Waals surface area contributed by atoms with Crippen molar-refractivity contribution in [3.63, 3.8) is 0 Å². The lowest BCUT2D eigenvalue weighted by Crippen LogP contribution is -2.45. The first-order valence-electron chi connectivity index (χ1n) is 7.54. The molecule has 1 saturated heterocycles. The van der Waals surface area contributed by atoms with Gasteiger partial charge in [0.25, 0.3) is 0 Å². The van der Waals surface area contributed by atoms with E-state index in [1.165, 1.54) is 18.4 Å². The first-order chi connectivity index (χ1) is 9.76. The normalized spacial score (nSPS) is 16.3. The van der Waals surface area contributed by atoms with Gasteiger partial charge in [0.05, 0.1) is 7.11 Å². The van der Waals surface area contributed by atoms with Gasteiger partial charge in [-0.15, -0.1) is 24.8 Å². The molecule has 128 valence electrons. The molecule has 1 fully saturated rings. The Morgan fingerprint density at radius 1 is 1.27 bits per heavy atom. The van der Waals surface area contributed by atoms with Crippen molar-refractivity contribution >= 4 is 36.4 Å². The van der Waals surface area contributed by atoms with Crippen molar-refractivity contribution in [2.75, 3.05) is 33.3 Å². The number of benzene rings is 1. The third-order valence-corrected chi connectivity index (χ3v) is 4.21. The molecule has 1 atom stereocenters. The fourth-order valence-electron chi connectivity index (χ4n) is 2.89. The van der Waals surface area contributed by atoms with E-state index in [2.05, 4.69) is 23.2 Å². The number of nitrogens with one attached hydrogen (secondary N) is 1. The number of rotatable bonds is 6. The van der Waals surface area contributed by atoms with E-state index in [0.717, 1.165) is 43.4 Å². The molecule has 1 heterocycles. The van der Waals surface area contributed by atoms with Crippen LogP contribution < -0.4 is 10.1 Å². The molecule has 1 aromatic carbocycles. The largest absolute Gasteiger partial charge is 0.496 e. The number of unbranched alkanes of at least 4 members (excludes halogenated alkanes) is 1. The van der Waals surface area contributed by atoms with Crippen LogP contribution in [0, 0.1) is 0 Å². The molecule has 0 bridgehead atoms. The fourth-order valence-corrected chi connectivity index (χ4v) is 3.07. The number of nitrogens with zero attached hydrogens (tertiary/aromatic N) is 1. The molecule has 1 aliphatic rings. The lowest BCUT2D eigenvalue weighted by molar-refractivity contribution is 0.160. The molecule has 3 nitrogen and oxygen atoms in total. The SMILES string of the molecule is CCCC[C@@H](c1cc(Cl)ccc1OC)N1CCNCC1.Cl.Cl. The smallest absolute Gasteiger partial charge is 0.123 e. The van der Waals surface area contributed by atoms with Gasteiger partial charge in [0.1, 0.15) is 5.75 Å². The summed E-state index contributed by atoms with van der Waals surface area (Å²) in [6.45, 7) is 6.54. The van der Waals surface area contributed by atoms with Gasteiger partial charge in [0.2, 0.25) is 0 Å². The van der Waals surface area contributed by atoms with Gasteiger partial charge in [0, 0.05) is 42.8 Å². The van der Waals surface area contributed by atoms with Crippen LogP contribution in [0.3, 0.4) is 0 Å². The Bertz CT molecular complexity index is 426. The Kier molecular flexibility index (Phi) is 11.3. The first kappa shape index (κ1) is 21.8. The van der Waals surface area contributed by atoms with Crippen LogP contribution in [-0.2, 0) is 0 Å². The highest BCUT2D eigenvalue weighted by Gasteiger charge is 2.24. The van der Waals surface area contributed by atoms with Crippen LogP contribution in [0.2, 0.25) is 5.02 Å². The minimum Gasteiger partial charge on any atom is -0.496 e. The predicted octanol–water partition coefficient (Wildman–Crippen LogP) is 4.33. The van der Waals surface area contributed by atoms with Crippen molar-refractivity contribution in [2.24, 2.45) is 0 Å². The van der Waals surface area contributed by atoms with Crippen LogP contribution in [0.25, 0.3) is 0 Å². The molecule has 6 heteroatoms. The number of hydrogen-bond acceptors (Lipinski definition) is 3. The van der Waals surface area contributed by atoms with Gasteiger partial charge in [0.15, 0.2) is 0 Å². The van der Waals surface area contributed by atoms with Crippen molar-refractivity contribution in [1.82, 2.24) is 10.2 Å². The summed E-state index contributed by atoms with van der Waals surface area (Å²) in [5.74, 6) is 0.953. The van der Waals surface area contributed by atoms with Gasteiger partial charge in [-0.25, -0.2) is 0 Å². The summed E-state index contributed by atoms with van der Waals surface area (Å²) >= 11 is 6.20. The number of methoxy groups -OCH3 is 1. The zero-order valence-corrected chi connectivity index (χ0v) is 15.7. The van der Waals surface area contributed by atoms with E-state index in [4.69, 9.17) is 16.3 Å². The summed E-state index contributed by atoms with van der Waals surface area (Å²) in [4.78, 5) is 2.56. The van der Waals surface area contributed by atoms with Crippen molar-refractivity contribution in [1.29, 1.82) is 0 Å². The van der Waals surface area contributed by atoms with E-state index in [1.807, 2.05) is 12.1 Å². The average molecular weight is 370 g/mol. The monoisotopic (exact) mass is 368 g/mol. The van der Waals surface area contributed by atoms with Crippen molar-refractivity contribution < 1.29 is 4.74 Å². The maximum Gasteiger partial charge on any atom is 0.123 e. The fraction of sp³-hybridized carbons (Fsp3) is 0.625. The Labute approximate surface area is 151 Å². The Morgan fingerprint density at radius 3 is 2.55 bits per heavy atom. The van der Waals surface area contributed by atoms with E-state index >= 15 is 0 Å². The second-order valence-electron chi connectivity index (χ2n) is 5.33. The summed E-state index contributed by atoms with van der Waals surface area (Å²) in [5.41, 5.74) is 1.23. The maximum atomic E-state index is 6.20. The molecule has 0 radical (unpaired) electrons. The predicted molar refractivity (Wildman–Crippen MR) is 99.2 cm³/mol. The highest BCUT2D eigenvalue weighted by Crippen LogP contribution is 2.35. The Morgan fingerprint density at radius 2 is 1.95 bits per heavy atom. The van der Waals surface area contributed by atoms with Gasteiger partial charge in [-0.1, -0.05) is 31.4 Å². The molecular formula is C16H27Cl3N2O. The van der Waals surface area contributed by atoms with Crippen molar-refractivity contribution in [2.45, 2.75) is 32.2 Å². The van der Waals surface area contributed by atoms with Gasteiger partial charge in [-0.3, -0.25) is 4.90 Å². The van der Waals surface area contributed by atoms with Crippen LogP contribution in [0.1, 0.15) is 37.8 Å². The number of halogens is 3. The summed E-state index contributed by atoms with van der Waals surface area (Å²) in [5, 5.41) is 4.21. The number of hydrogen-bond donors (Lipinski definition) is 1. The minimum atomic E-state index is 0. The highest BCUT2D eigenvalue weighted by atomic mass is 35.5. The second kappa shape index (κ2) is 11.4. The number of ether oxygens (including phenoxy) is 1. The highest BCUT2D eigenvalue weighted by molar-refractivity contribution is 6.30. The molecule has 0 saturated carbocycles. The molecule has 1 aliphatic heterocycles. The molecule has 0 aromatic heterocycles. The molecule has 1 aromatic rings. The van der Waals surface area contributed by atoms with Crippen molar-refractivity contribution in [3.05, 3.63) is 28.8 Å². The van der Waals surface area contributed by atoms with E-state index in [-0.39, 0.29) is 24.8 Å². The second-order valence-corrected chi connectivity index (χ2v) is 5.77. The quantitative estimate of drug-likeness (QED) is 0.807.